The van der Waals surface area contributed by atoms with E-state index in [0.29, 0.717) is 11.5 Å². The summed E-state index contributed by atoms with van der Waals surface area (Å²) in [5, 5.41) is 0. The summed E-state index contributed by atoms with van der Waals surface area (Å²) in [6.45, 7) is 0.563. The van der Waals surface area contributed by atoms with Gasteiger partial charge in [-0.25, -0.2) is 9.59 Å². The summed E-state index contributed by atoms with van der Waals surface area (Å²) in [4.78, 5) is 20.2. The van der Waals surface area contributed by atoms with Crippen molar-refractivity contribution in [1.29, 1.82) is 0 Å². The number of rotatable bonds is 7. The van der Waals surface area contributed by atoms with E-state index in [0.717, 1.165) is 0 Å². The van der Waals surface area contributed by atoms with Gasteiger partial charge in [-0.2, -0.15) is 0 Å². The van der Waals surface area contributed by atoms with Crippen molar-refractivity contribution in [3.8, 4) is 0 Å². The molecule has 0 aliphatic heterocycles. The van der Waals surface area contributed by atoms with E-state index in [4.69, 9.17) is 11.5 Å². The first-order valence-corrected chi connectivity index (χ1v) is 6.20. The Morgan fingerprint density at radius 3 is 1.57 bits per heavy atom. The standard InChI is InChI=1S/C6H12N2O4S2/c7-5(9)11-1-3-13-14-4-2-12-6(8)10/h1-4H2,(H2,7,9)(H2,8,10). The summed E-state index contributed by atoms with van der Waals surface area (Å²) in [7, 11) is 3.00. The van der Waals surface area contributed by atoms with Crippen molar-refractivity contribution >= 4 is 33.8 Å². The number of hydrogen-bond acceptors (Lipinski definition) is 6. The topological polar surface area (TPSA) is 105 Å². The zero-order valence-electron chi connectivity index (χ0n) is 7.43. The van der Waals surface area contributed by atoms with E-state index in [1.807, 2.05) is 0 Å². The lowest BCUT2D eigenvalue weighted by Gasteiger charge is -2.01. The Morgan fingerprint density at radius 1 is 0.929 bits per heavy atom. The van der Waals surface area contributed by atoms with Gasteiger partial charge in [0.15, 0.2) is 0 Å². The molecule has 0 saturated carbocycles. The SMILES string of the molecule is NC(=O)OCCSSCCOC(N)=O. The summed E-state index contributed by atoms with van der Waals surface area (Å²) in [5.41, 5.74) is 9.48. The van der Waals surface area contributed by atoms with Crippen LogP contribution in [-0.2, 0) is 9.47 Å². The van der Waals surface area contributed by atoms with Crippen LogP contribution in [0.5, 0.6) is 0 Å². The molecule has 0 aliphatic rings. The van der Waals surface area contributed by atoms with Gasteiger partial charge in [-0.05, 0) is 0 Å². The van der Waals surface area contributed by atoms with E-state index in [2.05, 4.69) is 9.47 Å². The maximum absolute atomic E-state index is 10.1. The lowest BCUT2D eigenvalue weighted by molar-refractivity contribution is 0.163. The smallest absolute Gasteiger partial charge is 0.404 e. The van der Waals surface area contributed by atoms with Crippen molar-refractivity contribution in [1.82, 2.24) is 0 Å². The van der Waals surface area contributed by atoms with E-state index in [1.165, 1.54) is 21.6 Å². The van der Waals surface area contributed by atoms with E-state index < -0.39 is 12.2 Å². The molecule has 4 N–H and O–H groups in total. The zero-order valence-corrected chi connectivity index (χ0v) is 9.07. The number of carbonyl (C=O) groups is 2. The molecule has 0 spiro atoms. The molecule has 0 aromatic rings. The van der Waals surface area contributed by atoms with Crippen LogP contribution < -0.4 is 11.5 Å². The molecule has 0 radical (unpaired) electrons. The molecule has 0 bridgehead atoms. The van der Waals surface area contributed by atoms with Crippen molar-refractivity contribution in [2.24, 2.45) is 11.5 Å². The monoisotopic (exact) mass is 240 g/mol. The van der Waals surface area contributed by atoms with Gasteiger partial charge in [-0.3, -0.25) is 0 Å². The van der Waals surface area contributed by atoms with Crippen LogP contribution in [0.2, 0.25) is 0 Å². The predicted molar refractivity (Wildman–Crippen MR) is 56.0 cm³/mol. The first-order valence-electron chi connectivity index (χ1n) is 3.72. The van der Waals surface area contributed by atoms with Crippen LogP contribution in [0.1, 0.15) is 0 Å². The quantitative estimate of drug-likeness (QED) is 0.497. The Morgan fingerprint density at radius 2 is 1.29 bits per heavy atom. The first-order chi connectivity index (χ1) is 6.63. The van der Waals surface area contributed by atoms with Crippen LogP contribution in [0.3, 0.4) is 0 Å². The molecule has 0 saturated heterocycles. The molecule has 14 heavy (non-hydrogen) atoms. The van der Waals surface area contributed by atoms with Crippen molar-refractivity contribution in [3.63, 3.8) is 0 Å². The Balaban J connectivity index is 2.99. The molecule has 0 rings (SSSR count). The minimum absolute atomic E-state index is 0.281. The number of amides is 2. The number of ether oxygens (including phenoxy) is 2. The Labute approximate surface area is 89.4 Å². The third-order valence-corrected chi connectivity index (χ3v) is 3.24. The highest BCUT2D eigenvalue weighted by atomic mass is 33.1. The van der Waals surface area contributed by atoms with Gasteiger partial charge in [0.1, 0.15) is 13.2 Å². The van der Waals surface area contributed by atoms with Gasteiger partial charge in [0.2, 0.25) is 0 Å². The van der Waals surface area contributed by atoms with Crippen LogP contribution in [0.15, 0.2) is 0 Å². The fourth-order valence-corrected chi connectivity index (χ4v) is 2.12. The highest BCUT2D eigenvalue weighted by molar-refractivity contribution is 8.76. The number of nitrogens with two attached hydrogens (primary N) is 2. The van der Waals surface area contributed by atoms with Gasteiger partial charge in [-0.15, -0.1) is 0 Å². The highest BCUT2D eigenvalue weighted by Gasteiger charge is 1.96. The fourth-order valence-electron chi connectivity index (χ4n) is 0.470. The average molecular weight is 240 g/mol. The Hall–Kier alpha value is -0.760. The third-order valence-electron chi connectivity index (χ3n) is 0.905. The van der Waals surface area contributed by atoms with Gasteiger partial charge in [-0.1, -0.05) is 21.6 Å². The summed E-state index contributed by atoms with van der Waals surface area (Å²) in [6.07, 6.45) is -1.54. The van der Waals surface area contributed by atoms with Crippen molar-refractivity contribution in [2.75, 3.05) is 24.7 Å². The van der Waals surface area contributed by atoms with Crippen LogP contribution >= 0.6 is 21.6 Å². The second-order valence-electron chi connectivity index (χ2n) is 1.98. The minimum Gasteiger partial charge on any atom is -0.449 e. The minimum atomic E-state index is -0.771. The molecule has 82 valence electrons. The van der Waals surface area contributed by atoms with Crippen molar-refractivity contribution in [2.45, 2.75) is 0 Å². The molecule has 0 atom stereocenters. The zero-order chi connectivity index (χ0) is 10.8. The molecule has 0 aromatic heterocycles. The fraction of sp³-hybridized carbons (Fsp3) is 0.667. The van der Waals surface area contributed by atoms with E-state index in [1.54, 1.807) is 0 Å². The maximum Gasteiger partial charge on any atom is 0.404 e. The summed E-state index contributed by atoms with van der Waals surface area (Å²) in [6, 6.07) is 0. The van der Waals surface area contributed by atoms with Gasteiger partial charge in [0.25, 0.3) is 0 Å². The molecule has 2 amide bonds. The number of hydrogen-bond donors (Lipinski definition) is 2. The second kappa shape index (κ2) is 8.82. The molecule has 8 heteroatoms. The first kappa shape index (κ1) is 13.2. The Bertz CT molecular complexity index is 171. The van der Waals surface area contributed by atoms with Gasteiger partial charge in [0, 0.05) is 11.5 Å². The predicted octanol–water partition coefficient (Wildman–Crippen LogP) is 0.558. The molecule has 6 nitrogen and oxygen atoms in total. The highest BCUT2D eigenvalue weighted by Crippen LogP contribution is 2.19. The van der Waals surface area contributed by atoms with E-state index in [9.17, 15) is 9.59 Å². The summed E-state index contributed by atoms with van der Waals surface area (Å²) in [5.74, 6) is 1.29. The van der Waals surface area contributed by atoms with Crippen LogP contribution in [-0.4, -0.2) is 36.9 Å². The van der Waals surface area contributed by atoms with Crippen LogP contribution in [0, 0.1) is 0 Å². The van der Waals surface area contributed by atoms with E-state index in [-0.39, 0.29) is 13.2 Å². The van der Waals surface area contributed by atoms with Crippen LogP contribution in [0.25, 0.3) is 0 Å². The third kappa shape index (κ3) is 11.2. The number of carbonyl (C=O) groups excluding carboxylic acids is 2. The van der Waals surface area contributed by atoms with Crippen molar-refractivity contribution < 1.29 is 19.1 Å². The molecular weight excluding hydrogens is 228 g/mol. The van der Waals surface area contributed by atoms with Gasteiger partial charge < -0.3 is 20.9 Å². The summed E-state index contributed by atoms with van der Waals surface area (Å²) < 4.78 is 8.97. The molecule has 0 unspecified atom stereocenters. The normalized spacial score (nSPS) is 9.43. The maximum atomic E-state index is 10.1. The molecule has 0 aromatic carbocycles. The van der Waals surface area contributed by atoms with E-state index >= 15 is 0 Å². The lowest BCUT2D eigenvalue weighted by Crippen LogP contribution is -2.15. The lowest BCUT2D eigenvalue weighted by atomic mass is 10.8. The molecule has 0 aliphatic carbocycles. The molecule has 0 fully saturated rings. The summed E-state index contributed by atoms with van der Waals surface area (Å²) >= 11 is 0. The van der Waals surface area contributed by atoms with Crippen LogP contribution in [0.4, 0.5) is 9.59 Å². The van der Waals surface area contributed by atoms with Gasteiger partial charge >= 0.3 is 12.2 Å². The molecule has 0 heterocycles. The largest absolute Gasteiger partial charge is 0.449 e. The van der Waals surface area contributed by atoms with Gasteiger partial charge in [0.05, 0.1) is 0 Å². The molecular formula is C6H12N2O4S2. The van der Waals surface area contributed by atoms with Crippen molar-refractivity contribution in [3.05, 3.63) is 0 Å². The Kier molecular flexibility index (Phi) is 8.34. The average Bonchev–Trinajstić information content (AvgIpc) is 2.08. The number of primary amides is 2. The second-order valence-corrected chi connectivity index (χ2v) is 4.68.